The van der Waals surface area contributed by atoms with E-state index in [0.29, 0.717) is 23.1 Å². The van der Waals surface area contributed by atoms with Gasteiger partial charge in [-0.25, -0.2) is 26.4 Å². The van der Waals surface area contributed by atoms with Gasteiger partial charge >= 0.3 is 5.63 Å². The minimum absolute atomic E-state index is 0.0877. The molecule has 0 unspecified atom stereocenters. The molecule has 0 bridgehead atoms. The van der Waals surface area contributed by atoms with Crippen LogP contribution in [-0.4, -0.2) is 49.7 Å². The van der Waals surface area contributed by atoms with Crippen LogP contribution in [0.25, 0.3) is 11.0 Å². The normalized spacial score (nSPS) is 15.4. The summed E-state index contributed by atoms with van der Waals surface area (Å²) < 4.78 is 71.9. The first-order valence-electron chi connectivity index (χ1n) is 9.16. The van der Waals surface area contributed by atoms with Gasteiger partial charge in [0.25, 0.3) is 5.91 Å². The second-order valence-corrected chi connectivity index (χ2v) is 8.76. The molecule has 31 heavy (non-hydrogen) atoms. The van der Waals surface area contributed by atoms with Crippen molar-refractivity contribution in [3.8, 4) is 0 Å². The summed E-state index contributed by atoms with van der Waals surface area (Å²) in [5.41, 5.74) is -0.683. The summed E-state index contributed by atoms with van der Waals surface area (Å²) in [6.45, 7) is -0.609. The zero-order valence-electron chi connectivity index (χ0n) is 15.8. The molecule has 162 valence electrons. The fraction of sp³-hybridized carbons (Fsp3) is 0.200. The molecule has 1 aromatic heterocycles. The van der Waals surface area contributed by atoms with Crippen LogP contribution in [0.15, 0.2) is 56.6 Å². The molecule has 1 aliphatic rings. The topological polar surface area (TPSA) is 87.9 Å². The van der Waals surface area contributed by atoms with Gasteiger partial charge in [0, 0.05) is 31.6 Å². The van der Waals surface area contributed by atoms with Gasteiger partial charge in [0.1, 0.15) is 16.0 Å². The number of hydrogen-bond donors (Lipinski definition) is 0. The van der Waals surface area contributed by atoms with E-state index in [1.54, 1.807) is 24.3 Å². The van der Waals surface area contributed by atoms with Gasteiger partial charge in [0.15, 0.2) is 17.5 Å². The van der Waals surface area contributed by atoms with Crippen LogP contribution in [0.3, 0.4) is 0 Å². The number of rotatable bonds is 3. The molecule has 1 saturated heterocycles. The van der Waals surface area contributed by atoms with Gasteiger partial charge in [-0.3, -0.25) is 4.79 Å². The number of nitrogens with zero attached hydrogens (tertiary/aromatic N) is 2. The second kappa shape index (κ2) is 7.82. The van der Waals surface area contributed by atoms with Crippen LogP contribution < -0.4 is 5.63 Å². The molecule has 0 atom stereocenters. The SMILES string of the molecule is O=C(c1cc2ccccc2oc1=O)N1CCN(S(=O)(=O)c2ccc(F)c(F)c2F)CC1. The number of hydrogen-bond acceptors (Lipinski definition) is 5. The van der Waals surface area contributed by atoms with Crippen LogP contribution >= 0.6 is 0 Å². The van der Waals surface area contributed by atoms with Crippen molar-refractivity contribution in [2.45, 2.75) is 4.90 Å². The number of benzene rings is 2. The van der Waals surface area contributed by atoms with Crippen molar-refractivity contribution in [2.75, 3.05) is 26.2 Å². The predicted octanol–water partition coefficient (Wildman–Crippen LogP) is 2.36. The van der Waals surface area contributed by atoms with E-state index in [-0.39, 0.29) is 31.7 Å². The van der Waals surface area contributed by atoms with Gasteiger partial charge in [-0.15, -0.1) is 0 Å². The summed E-state index contributed by atoms with van der Waals surface area (Å²) in [7, 11) is -4.45. The van der Waals surface area contributed by atoms with E-state index in [1.807, 2.05) is 0 Å². The molecule has 1 amide bonds. The lowest BCUT2D eigenvalue weighted by Crippen LogP contribution is -2.51. The summed E-state index contributed by atoms with van der Waals surface area (Å²) in [5, 5.41) is 0.556. The Balaban J connectivity index is 1.54. The summed E-state index contributed by atoms with van der Waals surface area (Å²) in [4.78, 5) is 25.3. The first-order valence-corrected chi connectivity index (χ1v) is 10.6. The molecule has 0 radical (unpaired) electrons. The Morgan fingerprint density at radius 3 is 2.32 bits per heavy atom. The van der Waals surface area contributed by atoms with Crippen molar-refractivity contribution in [3.63, 3.8) is 0 Å². The standard InChI is InChI=1S/C20H15F3N2O5S/c21-14-5-6-16(18(23)17(14)22)31(28,29)25-9-7-24(8-10-25)19(26)13-11-12-3-1-2-4-15(12)30-20(13)27/h1-6,11H,7-10H2. The lowest BCUT2D eigenvalue weighted by Gasteiger charge is -2.33. The van der Waals surface area contributed by atoms with Gasteiger partial charge in [-0.1, -0.05) is 18.2 Å². The van der Waals surface area contributed by atoms with E-state index in [0.717, 1.165) is 4.31 Å². The Labute approximate surface area is 174 Å². The number of sulfonamides is 1. The van der Waals surface area contributed by atoms with Crippen molar-refractivity contribution in [1.29, 1.82) is 0 Å². The molecule has 4 rings (SSSR count). The van der Waals surface area contributed by atoms with E-state index < -0.39 is 43.9 Å². The fourth-order valence-corrected chi connectivity index (χ4v) is 4.84. The molecule has 0 spiro atoms. The highest BCUT2D eigenvalue weighted by Gasteiger charge is 2.34. The van der Waals surface area contributed by atoms with Crippen LogP contribution in [0.4, 0.5) is 13.2 Å². The zero-order valence-corrected chi connectivity index (χ0v) is 16.7. The predicted molar refractivity (Wildman–Crippen MR) is 103 cm³/mol. The van der Waals surface area contributed by atoms with E-state index in [9.17, 15) is 31.2 Å². The lowest BCUT2D eigenvalue weighted by atomic mass is 10.1. The molecule has 0 N–H and O–H groups in total. The summed E-state index contributed by atoms with van der Waals surface area (Å²) >= 11 is 0. The highest BCUT2D eigenvalue weighted by Crippen LogP contribution is 2.24. The third kappa shape index (κ3) is 3.70. The van der Waals surface area contributed by atoms with Crippen molar-refractivity contribution in [1.82, 2.24) is 9.21 Å². The summed E-state index contributed by atoms with van der Waals surface area (Å²) in [5.74, 6) is -5.80. The number of piperazine rings is 1. The molecule has 2 heterocycles. The second-order valence-electron chi connectivity index (χ2n) is 6.86. The lowest BCUT2D eigenvalue weighted by molar-refractivity contribution is 0.0693. The molecule has 7 nitrogen and oxygen atoms in total. The monoisotopic (exact) mass is 452 g/mol. The molecule has 2 aromatic carbocycles. The first kappa shape index (κ1) is 21.1. The quantitative estimate of drug-likeness (QED) is 0.450. The van der Waals surface area contributed by atoms with Crippen LogP contribution in [0, 0.1) is 17.5 Å². The van der Waals surface area contributed by atoms with Gasteiger partial charge in [-0.05, 0) is 24.3 Å². The highest BCUT2D eigenvalue weighted by atomic mass is 32.2. The number of carbonyl (C=O) groups excluding carboxylic acids is 1. The average molecular weight is 452 g/mol. The zero-order chi connectivity index (χ0) is 22.3. The highest BCUT2D eigenvalue weighted by molar-refractivity contribution is 7.89. The number of amides is 1. The van der Waals surface area contributed by atoms with E-state index in [2.05, 4.69) is 0 Å². The maximum Gasteiger partial charge on any atom is 0.349 e. The van der Waals surface area contributed by atoms with Crippen molar-refractivity contribution in [3.05, 3.63) is 75.9 Å². The Hall–Kier alpha value is -3.18. The molecule has 3 aromatic rings. The van der Waals surface area contributed by atoms with Crippen LogP contribution in [-0.2, 0) is 10.0 Å². The number of fused-ring (bicyclic) bond motifs is 1. The van der Waals surface area contributed by atoms with E-state index in [4.69, 9.17) is 4.42 Å². The molecular weight excluding hydrogens is 437 g/mol. The summed E-state index contributed by atoms with van der Waals surface area (Å²) in [6, 6.07) is 9.26. The number of carbonyl (C=O) groups is 1. The number of para-hydroxylation sites is 1. The van der Waals surface area contributed by atoms with Gasteiger partial charge in [-0.2, -0.15) is 4.31 Å². The smallest absolute Gasteiger partial charge is 0.349 e. The van der Waals surface area contributed by atoms with Crippen molar-refractivity contribution in [2.24, 2.45) is 0 Å². The third-order valence-corrected chi connectivity index (χ3v) is 6.93. The molecule has 0 saturated carbocycles. The van der Waals surface area contributed by atoms with Gasteiger partial charge in [0.2, 0.25) is 10.0 Å². The van der Waals surface area contributed by atoms with Crippen LogP contribution in [0.5, 0.6) is 0 Å². The molecular formula is C20H15F3N2O5S. The average Bonchev–Trinajstić information content (AvgIpc) is 2.76. The Kier molecular flexibility index (Phi) is 5.31. The Bertz CT molecular complexity index is 1350. The molecule has 0 aliphatic carbocycles. The fourth-order valence-electron chi connectivity index (χ4n) is 3.36. The van der Waals surface area contributed by atoms with E-state index in [1.165, 1.54) is 11.0 Å². The van der Waals surface area contributed by atoms with E-state index >= 15 is 0 Å². The minimum Gasteiger partial charge on any atom is -0.422 e. The Morgan fingerprint density at radius 1 is 0.935 bits per heavy atom. The molecule has 1 fully saturated rings. The third-order valence-electron chi connectivity index (χ3n) is 5.02. The largest absolute Gasteiger partial charge is 0.422 e. The Morgan fingerprint density at radius 2 is 1.61 bits per heavy atom. The first-order chi connectivity index (χ1) is 14.7. The minimum atomic E-state index is -4.45. The van der Waals surface area contributed by atoms with Gasteiger partial charge in [0.05, 0.1) is 0 Å². The maximum absolute atomic E-state index is 14.0. The maximum atomic E-state index is 14.0. The van der Waals surface area contributed by atoms with Crippen molar-refractivity contribution >= 4 is 26.9 Å². The number of halogens is 3. The molecule has 11 heteroatoms. The van der Waals surface area contributed by atoms with Crippen LogP contribution in [0.1, 0.15) is 10.4 Å². The van der Waals surface area contributed by atoms with Crippen LogP contribution in [0.2, 0.25) is 0 Å². The summed E-state index contributed by atoms with van der Waals surface area (Å²) in [6.07, 6.45) is 0. The van der Waals surface area contributed by atoms with Gasteiger partial charge < -0.3 is 9.32 Å². The molecule has 1 aliphatic heterocycles. The van der Waals surface area contributed by atoms with Crippen molar-refractivity contribution < 1.29 is 30.8 Å².